The molecule has 84 valence electrons. The molecule has 0 aliphatic heterocycles. The smallest absolute Gasteiger partial charge is 0.220 e. The molecule has 0 rings (SSSR count). The second kappa shape index (κ2) is 8.50. The van der Waals surface area contributed by atoms with E-state index in [1.54, 1.807) is 7.05 Å². The van der Waals surface area contributed by atoms with Crippen molar-refractivity contribution < 1.29 is 16.1 Å². The summed E-state index contributed by atoms with van der Waals surface area (Å²) in [6.45, 7) is 0.262. The molecule has 0 aromatic rings. The first-order valence-corrected chi connectivity index (χ1v) is 4.79. The third-order valence-electron chi connectivity index (χ3n) is 1.77. The highest BCUT2D eigenvalue weighted by Gasteiger charge is 2.01. The number of rotatable bonds is 7. The fourth-order valence-electron chi connectivity index (χ4n) is 0.980. The zero-order valence-corrected chi connectivity index (χ0v) is 8.51. The van der Waals surface area contributed by atoms with Crippen molar-refractivity contribution in [2.24, 2.45) is 0 Å². The fourth-order valence-corrected chi connectivity index (χ4v) is 0.980. The van der Waals surface area contributed by atoms with Crippen LogP contribution in [0.4, 0.5) is 0 Å². The minimum absolute atomic E-state index is 0. The maximum absolute atomic E-state index is 11.0. The summed E-state index contributed by atoms with van der Waals surface area (Å²) in [6, 6.07) is 0. The van der Waals surface area contributed by atoms with Crippen LogP contribution < -0.4 is 10.6 Å². The predicted octanol–water partition coefficient (Wildman–Crippen LogP) is -0.353. The Morgan fingerprint density at radius 2 is 1.79 bits per heavy atom. The number of hydrogen-bond acceptors (Lipinski definition) is 3. The minimum atomic E-state index is -0.0732. The number of aliphatic hydroxyl groups excluding tert-OH is 1. The molecule has 5 nitrogen and oxygen atoms in total. The number of nitrogens with one attached hydrogen (secondary N) is 2. The number of amides is 2. The van der Waals surface area contributed by atoms with Gasteiger partial charge in [0.15, 0.2) is 0 Å². The molecular formula is C9H20N2O3. The Hall–Kier alpha value is -1.10. The van der Waals surface area contributed by atoms with Crippen molar-refractivity contribution in [1.82, 2.24) is 10.6 Å². The lowest BCUT2D eigenvalue weighted by Gasteiger charge is -2.02. The van der Waals surface area contributed by atoms with Crippen molar-refractivity contribution in [3.63, 3.8) is 0 Å². The maximum Gasteiger partial charge on any atom is 0.220 e. The lowest BCUT2D eigenvalue weighted by atomic mass is 10.2. The normalized spacial score (nSPS) is 9.57. The quantitative estimate of drug-likeness (QED) is 0.496. The Morgan fingerprint density at radius 3 is 2.29 bits per heavy atom. The van der Waals surface area contributed by atoms with E-state index in [0.717, 1.165) is 0 Å². The Morgan fingerprint density at radius 1 is 1.21 bits per heavy atom. The summed E-state index contributed by atoms with van der Waals surface area (Å²) in [7, 11) is 1.59. The van der Waals surface area contributed by atoms with E-state index in [1.807, 2.05) is 0 Å². The molecule has 3 N–H and O–H groups in total. The first kappa shape index (κ1) is 12.9. The highest BCUT2D eigenvalue weighted by atomic mass is 16.3. The van der Waals surface area contributed by atoms with Gasteiger partial charge in [0.05, 0.1) is 6.61 Å². The summed E-state index contributed by atoms with van der Waals surface area (Å²) in [5.74, 6) is -0.0725. The van der Waals surface area contributed by atoms with Crippen molar-refractivity contribution in [3.8, 4) is 0 Å². The molecule has 0 saturated carbocycles. The summed E-state index contributed by atoms with van der Waals surface area (Å²) >= 11 is 0. The SMILES string of the molecule is CNC(=O)CCCCC(=O)NCCO.[HH]. The van der Waals surface area contributed by atoms with Gasteiger partial charge in [0, 0.05) is 27.9 Å². The highest BCUT2D eigenvalue weighted by Crippen LogP contribution is 1.99. The molecule has 2 amide bonds. The molecule has 5 heteroatoms. The largest absolute Gasteiger partial charge is 0.395 e. The van der Waals surface area contributed by atoms with Crippen molar-refractivity contribution in [2.75, 3.05) is 20.2 Å². The van der Waals surface area contributed by atoms with Crippen LogP contribution in [0.1, 0.15) is 27.1 Å². The maximum atomic E-state index is 11.0. The van der Waals surface area contributed by atoms with Crippen LogP contribution in [0.15, 0.2) is 0 Å². The molecule has 0 bridgehead atoms. The monoisotopic (exact) mass is 204 g/mol. The second-order valence-corrected chi connectivity index (χ2v) is 2.95. The molecule has 0 aliphatic carbocycles. The number of hydrogen-bond donors (Lipinski definition) is 3. The lowest BCUT2D eigenvalue weighted by molar-refractivity contribution is -0.122. The molecule has 0 spiro atoms. The van der Waals surface area contributed by atoms with E-state index in [4.69, 9.17) is 5.11 Å². The number of carbonyl (C=O) groups excluding carboxylic acids is 2. The van der Waals surface area contributed by atoms with E-state index in [2.05, 4.69) is 10.6 Å². The van der Waals surface area contributed by atoms with E-state index >= 15 is 0 Å². The summed E-state index contributed by atoms with van der Waals surface area (Å²) in [5.41, 5.74) is 0. The molecule has 0 heterocycles. The molecule has 0 aromatic carbocycles. The van der Waals surface area contributed by atoms with Crippen LogP contribution >= 0.6 is 0 Å². The zero-order valence-electron chi connectivity index (χ0n) is 8.51. The minimum Gasteiger partial charge on any atom is -0.395 e. The van der Waals surface area contributed by atoms with Gasteiger partial charge in [0.2, 0.25) is 11.8 Å². The Balaban J connectivity index is 0. The van der Waals surface area contributed by atoms with Gasteiger partial charge in [0.1, 0.15) is 0 Å². The number of carbonyl (C=O) groups is 2. The molecule has 0 unspecified atom stereocenters. The van der Waals surface area contributed by atoms with Crippen LogP contribution in [0, 0.1) is 0 Å². The van der Waals surface area contributed by atoms with Gasteiger partial charge in [-0.25, -0.2) is 0 Å². The summed E-state index contributed by atoms with van der Waals surface area (Å²) in [4.78, 5) is 21.8. The molecule has 14 heavy (non-hydrogen) atoms. The first-order chi connectivity index (χ1) is 6.70. The zero-order chi connectivity index (χ0) is 10.8. The second-order valence-electron chi connectivity index (χ2n) is 2.95. The van der Waals surface area contributed by atoms with Gasteiger partial charge in [-0.1, -0.05) is 0 Å². The van der Waals surface area contributed by atoms with Crippen LogP contribution in [0.25, 0.3) is 0 Å². The topological polar surface area (TPSA) is 78.4 Å². The summed E-state index contributed by atoms with van der Waals surface area (Å²) in [5, 5.41) is 13.5. The average Bonchev–Trinajstić information content (AvgIpc) is 2.21. The van der Waals surface area contributed by atoms with E-state index in [0.29, 0.717) is 32.2 Å². The fraction of sp³-hybridized carbons (Fsp3) is 0.778. The number of unbranched alkanes of at least 4 members (excludes halogenated alkanes) is 1. The van der Waals surface area contributed by atoms with E-state index in [1.165, 1.54) is 0 Å². The van der Waals surface area contributed by atoms with E-state index in [-0.39, 0.29) is 19.8 Å². The van der Waals surface area contributed by atoms with Gasteiger partial charge in [0.25, 0.3) is 0 Å². The first-order valence-electron chi connectivity index (χ1n) is 4.79. The van der Waals surface area contributed by atoms with Crippen molar-refractivity contribution in [2.45, 2.75) is 25.7 Å². The highest BCUT2D eigenvalue weighted by molar-refractivity contribution is 5.76. The molecule has 0 radical (unpaired) electrons. The van der Waals surface area contributed by atoms with Crippen LogP contribution in [0.5, 0.6) is 0 Å². The predicted molar refractivity (Wildman–Crippen MR) is 54.7 cm³/mol. The summed E-state index contributed by atoms with van der Waals surface area (Å²) < 4.78 is 0. The molecule has 0 aromatic heterocycles. The van der Waals surface area contributed by atoms with Gasteiger partial charge in [-0.2, -0.15) is 0 Å². The molecule has 0 atom stereocenters. The van der Waals surface area contributed by atoms with Gasteiger partial charge < -0.3 is 15.7 Å². The Bertz CT molecular complexity index is 188. The van der Waals surface area contributed by atoms with Crippen LogP contribution in [-0.4, -0.2) is 37.1 Å². The molecule has 0 fully saturated rings. The summed E-state index contributed by atoms with van der Waals surface area (Å²) in [6.07, 6.45) is 2.29. The molecule has 0 saturated heterocycles. The van der Waals surface area contributed by atoms with Gasteiger partial charge in [-0.15, -0.1) is 0 Å². The van der Waals surface area contributed by atoms with E-state index in [9.17, 15) is 9.59 Å². The Labute approximate surface area is 85.4 Å². The van der Waals surface area contributed by atoms with Gasteiger partial charge in [-0.05, 0) is 12.8 Å². The van der Waals surface area contributed by atoms with Gasteiger partial charge >= 0.3 is 0 Å². The van der Waals surface area contributed by atoms with E-state index < -0.39 is 0 Å². The third-order valence-corrected chi connectivity index (χ3v) is 1.77. The average molecular weight is 204 g/mol. The molecular weight excluding hydrogens is 184 g/mol. The van der Waals surface area contributed by atoms with Crippen LogP contribution in [-0.2, 0) is 9.59 Å². The van der Waals surface area contributed by atoms with Crippen molar-refractivity contribution >= 4 is 11.8 Å². The van der Waals surface area contributed by atoms with Gasteiger partial charge in [-0.3, -0.25) is 9.59 Å². The third kappa shape index (κ3) is 7.54. The van der Waals surface area contributed by atoms with Crippen molar-refractivity contribution in [3.05, 3.63) is 0 Å². The van der Waals surface area contributed by atoms with Crippen molar-refractivity contribution in [1.29, 1.82) is 0 Å². The van der Waals surface area contributed by atoms with Crippen LogP contribution in [0.2, 0.25) is 0 Å². The van der Waals surface area contributed by atoms with Crippen LogP contribution in [0.3, 0.4) is 0 Å². The Kier molecular flexibility index (Phi) is 7.83. The molecule has 0 aliphatic rings. The number of aliphatic hydroxyl groups is 1. The standard InChI is InChI=1S/C9H18N2O3.H2/c1-10-8(13)4-2-3-5-9(14)11-6-7-12;/h12H,2-7H2,1H3,(H,10,13)(H,11,14);1H. The lowest BCUT2D eigenvalue weighted by Crippen LogP contribution is -2.26.